The fourth-order valence-corrected chi connectivity index (χ4v) is 1.37. The van der Waals surface area contributed by atoms with Crippen molar-refractivity contribution in [1.82, 2.24) is 15.3 Å². The van der Waals surface area contributed by atoms with Crippen LogP contribution < -0.4 is 14.8 Å². The monoisotopic (exact) mass is 235 g/mol. The molecule has 0 saturated heterocycles. The molecule has 5 heteroatoms. The van der Waals surface area contributed by atoms with Crippen molar-refractivity contribution in [1.29, 1.82) is 0 Å². The molecule has 1 aromatic rings. The van der Waals surface area contributed by atoms with E-state index in [1.54, 1.807) is 14.2 Å². The van der Waals surface area contributed by atoms with Gasteiger partial charge in [-0.15, -0.1) is 11.8 Å². The van der Waals surface area contributed by atoms with Crippen molar-refractivity contribution in [3.63, 3.8) is 0 Å². The third kappa shape index (κ3) is 3.93. The van der Waals surface area contributed by atoms with Gasteiger partial charge < -0.3 is 14.8 Å². The molecule has 0 fully saturated rings. The molecule has 17 heavy (non-hydrogen) atoms. The summed E-state index contributed by atoms with van der Waals surface area (Å²) in [6.07, 6.45) is 2.23. The van der Waals surface area contributed by atoms with Crippen LogP contribution in [0.1, 0.15) is 18.9 Å². The van der Waals surface area contributed by atoms with Gasteiger partial charge in [-0.05, 0) is 6.92 Å². The van der Waals surface area contributed by atoms with Gasteiger partial charge in [0.15, 0.2) is 0 Å². The van der Waals surface area contributed by atoms with Gasteiger partial charge in [0, 0.05) is 19.5 Å². The Balaban J connectivity index is 2.63. The summed E-state index contributed by atoms with van der Waals surface area (Å²) in [7, 11) is 3.15. The molecular weight excluding hydrogens is 218 g/mol. The Kier molecular flexibility index (Phi) is 5.83. The van der Waals surface area contributed by atoms with Crippen LogP contribution in [-0.4, -0.2) is 30.7 Å². The van der Waals surface area contributed by atoms with E-state index in [0.29, 0.717) is 18.3 Å². The normalized spacial score (nSPS) is 9.35. The Morgan fingerprint density at radius 2 is 1.88 bits per heavy atom. The first-order valence-corrected chi connectivity index (χ1v) is 5.35. The van der Waals surface area contributed by atoms with Crippen molar-refractivity contribution in [2.24, 2.45) is 0 Å². The smallest absolute Gasteiger partial charge is 0.224 e. The highest BCUT2D eigenvalue weighted by molar-refractivity contribution is 5.34. The summed E-state index contributed by atoms with van der Waals surface area (Å²) in [6, 6.07) is 0. The molecule has 0 aromatic carbocycles. The van der Waals surface area contributed by atoms with Crippen molar-refractivity contribution in [2.45, 2.75) is 19.9 Å². The molecule has 92 valence electrons. The van der Waals surface area contributed by atoms with E-state index in [1.807, 2.05) is 6.92 Å². The molecule has 0 aliphatic heterocycles. The standard InChI is InChI=1S/C12H17N3O2/c1-4-5-6-7-13-8-10-11(16-2)14-9-15-12(10)17-3/h9,13H,6-8H2,1-3H3. The maximum atomic E-state index is 5.17. The minimum atomic E-state index is 0.533. The number of ether oxygens (including phenoxy) is 2. The molecule has 1 aromatic heterocycles. The van der Waals surface area contributed by atoms with Crippen molar-refractivity contribution in [2.75, 3.05) is 20.8 Å². The Bertz CT molecular complexity index is 388. The fraction of sp³-hybridized carbons (Fsp3) is 0.500. The van der Waals surface area contributed by atoms with Gasteiger partial charge in [-0.3, -0.25) is 0 Å². The van der Waals surface area contributed by atoms with Gasteiger partial charge in [0.25, 0.3) is 0 Å². The Labute approximate surface area is 102 Å². The predicted octanol–water partition coefficient (Wildman–Crippen LogP) is 0.997. The van der Waals surface area contributed by atoms with Gasteiger partial charge in [0.1, 0.15) is 6.33 Å². The minimum Gasteiger partial charge on any atom is -0.481 e. The number of rotatable bonds is 6. The maximum absolute atomic E-state index is 5.17. The third-order valence-corrected chi connectivity index (χ3v) is 2.16. The van der Waals surface area contributed by atoms with Crippen molar-refractivity contribution in [3.05, 3.63) is 11.9 Å². The predicted molar refractivity (Wildman–Crippen MR) is 64.9 cm³/mol. The Morgan fingerprint density at radius 1 is 1.24 bits per heavy atom. The van der Waals surface area contributed by atoms with E-state index in [-0.39, 0.29) is 0 Å². The number of methoxy groups -OCH3 is 2. The molecule has 0 aliphatic rings. The highest BCUT2D eigenvalue weighted by Crippen LogP contribution is 2.22. The van der Waals surface area contributed by atoms with Gasteiger partial charge in [-0.25, -0.2) is 9.97 Å². The SMILES string of the molecule is CC#CCCNCc1c(OC)ncnc1OC. The molecule has 0 bridgehead atoms. The van der Waals surface area contributed by atoms with Crippen LogP contribution in [0.5, 0.6) is 11.8 Å². The average molecular weight is 235 g/mol. The number of aromatic nitrogens is 2. The van der Waals surface area contributed by atoms with E-state index in [0.717, 1.165) is 18.5 Å². The van der Waals surface area contributed by atoms with E-state index in [4.69, 9.17) is 9.47 Å². The van der Waals surface area contributed by atoms with E-state index < -0.39 is 0 Å². The first-order chi connectivity index (χ1) is 8.33. The number of hydrogen-bond acceptors (Lipinski definition) is 5. The number of nitrogens with one attached hydrogen (secondary N) is 1. The van der Waals surface area contributed by atoms with Crippen LogP contribution in [0, 0.1) is 11.8 Å². The van der Waals surface area contributed by atoms with Crippen LogP contribution >= 0.6 is 0 Å². The first-order valence-electron chi connectivity index (χ1n) is 5.35. The molecule has 0 spiro atoms. The second kappa shape index (κ2) is 7.47. The zero-order valence-electron chi connectivity index (χ0n) is 10.4. The van der Waals surface area contributed by atoms with Crippen LogP contribution in [0.15, 0.2) is 6.33 Å². The lowest BCUT2D eigenvalue weighted by atomic mass is 10.3. The van der Waals surface area contributed by atoms with Crippen LogP contribution in [0.4, 0.5) is 0 Å². The molecule has 1 N–H and O–H groups in total. The lowest BCUT2D eigenvalue weighted by molar-refractivity contribution is 0.359. The second-order valence-electron chi connectivity index (χ2n) is 3.22. The topological polar surface area (TPSA) is 56.3 Å². The van der Waals surface area contributed by atoms with Gasteiger partial charge in [-0.1, -0.05) is 0 Å². The summed E-state index contributed by atoms with van der Waals surface area (Å²) in [5.74, 6) is 6.90. The highest BCUT2D eigenvalue weighted by atomic mass is 16.5. The zero-order chi connectivity index (χ0) is 12.5. The molecule has 0 saturated carbocycles. The molecule has 1 heterocycles. The average Bonchev–Trinajstić information content (AvgIpc) is 2.38. The fourth-order valence-electron chi connectivity index (χ4n) is 1.37. The molecule has 0 aliphatic carbocycles. The van der Waals surface area contributed by atoms with Crippen LogP contribution in [-0.2, 0) is 6.54 Å². The molecule has 0 amide bonds. The van der Waals surface area contributed by atoms with E-state index in [1.165, 1.54) is 6.33 Å². The number of hydrogen-bond donors (Lipinski definition) is 1. The molecule has 0 radical (unpaired) electrons. The summed E-state index contributed by atoms with van der Waals surface area (Å²) in [4.78, 5) is 8.08. The maximum Gasteiger partial charge on any atom is 0.224 e. The van der Waals surface area contributed by atoms with Crippen LogP contribution in [0.25, 0.3) is 0 Å². The largest absolute Gasteiger partial charge is 0.481 e. The highest BCUT2D eigenvalue weighted by Gasteiger charge is 2.11. The summed E-state index contributed by atoms with van der Waals surface area (Å²) < 4.78 is 10.3. The van der Waals surface area contributed by atoms with Crippen LogP contribution in [0.3, 0.4) is 0 Å². The summed E-state index contributed by atoms with van der Waals surface area (Å²) >= 11 is 0. The minimum absolute atomic E-state index is 0.533. The summed E-state index contributed by atoms with van der Waals surface area (Å²) in [6.45, 7) is 3.23. The lowest BCUT2D eigenvalue weighted by Gasteiger charge is -2.10. The second-order valence-corrected chi connectivity index (χ2v) is 3.22. The van der Waals surface area contributed by atoms with E-state index in [2.05, 4.69) is 27.1 Å². The van der Waals surface area contributed by atoms with Gasteiger partial charge in [0.05, 0.1) is 19.8 Å². The van der Waals surface area contributed by atoms with Crippen LogP contribution in [0.2, 0.25) is 0 Å². The van der Waals surface area contributed by atoms with Gasteiger partial charge >= 0.3 is 0 Å². The summed E-state index contributed by atoms with van der Waals surface area (Å²) in [5.41, 5.74) is 0.821. The van der Waals surface area contributed by atoms with Crippen molar-refractivity contribution in [3.8, 4) is 23.6 Å². The first kappa shape index (κ1) is 13.3. The molecule has 0 unspecified atom stereocenters. The van der Waals surface area contributed by atoms with Gasteiger partial charge in [-0.2, -0.15) is 0 Å². The van der Waals surface area contributed by atoms with Gasteiger partial charge in [0.2, 0.25) is 11.8 Å². The van der Waals surface area contributed by atoms with Crippen molar-refractivity contribution < 1.29 is 9.47 Å². The zero-order valence-corrected chi connectivity index (χ0v) is 10.4. The van der Waals surface area contributed by atoms with Crippen molar-refractivity contribution >= 4 is 0 Å². The third-order valence-electron chi connectivity index (χ3n) is 2.16. The van der Waals surface area contributed by atoms with E-state index in [9.17, 15) is 0 Å². The molecule has 0 atom stereocenters. The number of nitrogens with zero attached hydrogens (tertiary/aromatic N) is 2. The lowest BCUT2D eigenvalue weighted by Crippen LogP contribution is -2.16. The Morgan fingerprint density at radius 3 is 2.41 bits per heavy atom. The molecular formula is C12H17N3O2. The molecule has 1 rings (SSSR count). The molecule has 5 nitrogen and oxygen atoms in total. The van der Waals surface area contributed by atoms with E-state index >= 15 is 0 Å². The quantitative estimate of drug-likeness (QED) is 0.589. The summed E-state index contributed by atoms with van der Waals surface area (Å²) in [5, 5.41) is 3.24. The Hall–Kier alpha value is -1.80.